The molecule has 1 amide bonds. The zero-order valence-electron chi connectivity index (χ0n) is 21.5. The summed E-state index contributed by atoms with van der Waals surface area (Å²) in [6.45, 7) is 9.18. The molecule has 1 unspecified atom stereocenters. The minimum atomic E-state index is 0.0888. The van der Waals surface area contributed by atoms with Crippen LogP contribution < -0.4 is 4.74 Å². The second-order valence-electron chi connectivity index (χ2n) is 10.1. The van der Waals surface area contributed by atoms with Crippen LogP contribution in [0, 0.1) is 6.92 Å². The first-order chi connectivity index (χ1) is 17.5. The van der Waals surface area contributed by atoms with E-state index in [4.69, 9.17) is 9.72 Å². The molecule has 0 bridgehead atoms. The summed E-state index contributed by atoms with van der Waals surface area (Å²) in [6, 6.07) is 25.0. The number of benzene rings is 3. The number of hydrogen-bond acceptors (Lipinski definition) is 3. The number of likely N-dealkylation sites (tertiary alicyclic amines) is 1. The van der Waals surface area contributed by atoms with Gasteiger partial charge >= 0.3 is 0 Å². The van der Waals surface area contributed by atoms with Gasteiger partial charge < -0.3 is 14.2 Å². The van der Waals surface area contributed by atoms with Gasteiger partial charge in [-0.05, 0) is 54.2 Å². The number of aryl methyl sites for hydroxylation is 1. The van der Waals surface area contributed by atoms with Crippen molar-refractivity contribution >= 4 is 16.9 Å². The largest absolute Gasteiger partial charge is 0.491 e. The molecule has 2 heterocycles. The van der Waals surface area contributed by atoms with E-state index in [9.17, 15) is 4.79 Å². The molecule has 5 heteroatoms. The molecule has 0 spiro atoms. The van der Waals surface area contributed by atoms with Crippen LogP contribution in [0.15, 0.2) is 72.8 Å². The van der Waals surface area contributed by atoms with Gasteiger partial charge in [0.1, 0.15) is 18.2 Å². The maximum Gasteiger partial charge on any atom is 0.223 e. The van der Waals surface area contributed by atoms with E-state index < -0.39 is 0 Å². The summed E-state index contributed by atoms with van der Waals surface area (Å²) in [7, 11) is 0. The Balaban J connectivity index is 1.33. The third-order valence-electron chi connectivity index (χ3n) is 7.14. The van der Waals surface area contributed by atoms with Crippen molar-refractivity contribution in [3.05, 3.63) is 95.3 Å². The average Bonchev–Trinajstić information content (AvgIpc) is 3.43. The molecule has 5 rings (SSSR count). The van der Waals surface area contributed by atoms with Gasteiger partial charge in [0, 0.05) is 25.4 Å². The van der Waals surface area contributed by atoms with Crippen molar-refractivity contribution < 1.29 is 9.53 Å². The summed E-state index contributed by atoms with van der Waals surface area (Å²) < 4.78 is 8.59. The van der Waals surface area contributed by atoms with E-state index in [0.717, 1.165) is 35.6 Å². The fraction of sp³-hybridized carbons (Fsp3) is 0.355. The van der Waals surface area contributed by atoms with Gasteiger partial charge in [-0.3, -0.25) is 4.79 Å². The molecule has 4 aromatic rings. The van der Waals surface area contributed by atoms with Gasteiger partial charge in [0.15, 0.2) is 0 Å². The lowest BCUT2D eigenvalue weighted by Crippen LogP contribution is -2.27. The molecule has 1 saturated heterocycles. The molecular formula is C31H35N3O2. The second kappa shape index (κ2) is 10.6. The van der Waals surface area contributed by atoms with E-state index in [1.54, 1.807) is 0 Å². The highest BCUT2D eigenvalue weighted by Crippen LogP contribution is 2.31. The number of amides is 1. The number of para-hydroxylation sites is 2. The average molecular weight is 482 g/mol. The highest BCUT2D eigenvalue weighted by atomic mass is 16.5. The summed E-state index contributed by atoms with van der Waals surface area (Å²) in [5, 5.41) is 0. The molecule has 1 aliphatic rings. The molecule has 186 valence electrons. The molecule has 0 radical (unpaired) electrons. The molecule has 36 heavy (non-hydrogen) atoms. The Kier molecular flexibility index (Phi) is 7.08. The van der Waals surface area contributed by atoms with Crippen LogP contribution in [0.4, 0.5) is 0 Å². The van der Waals surface area contributed by atoms with Gasteiger partial charge in [0.2, 0.25) is 5.91 Å². The summed E-state index contributed by atoms with van der Waals surface area (Å²) in [6.07, 6.45) is 1.38. The van der Waals surface area contributed by atoms with Crippen molar-refractivity contribution in [1.29, 1.82) is 0 Å². The molecule has 0 aliphatic carbocycles. The van der Waals surface area contributed by atoms with E-state index in [2.05, 4.69) is 86.0 Å². The molecule has 1 fully saturated rings. The van der Waals surface area contributed by atoms with Gasteiger partial charge in [0.25, 0.3) is 0 Å². The van der Waals surface area contributed by atoms with Crippen molar-refractivity contribution in [1.82, 2.24) is 14.5 Å². The molecule has 1 atom stereocenters. The first kappa shape index (κ1) is 24.1. The van der Waals surface area contributed by atoms with E-state index in [0.29, 0.717) is 32.0 Å². The van der Waals surface area contributed by atoms with E-state index >= 15 is 0 Å². The van der Waals surface area contributed by atoms with E-state index in [1.807, 2.05) is 17.0 Å². The maximum atomic E-state index is 12.9. The fourth-order valence-corrected chi connectivity index (χ4v) is 5.20. The fourth-order valence-electron chi connectivity index (χ4n) is 5.20. The summed E-state index contributed by atoms with van der Waals surface area (Å²) in [4.78, 5) is 19.9. The standard InChI is InChI=1S/C31H35N3O2/c1-22(2)26-14-13-23(3)19-29(26)36-18-17-34-28-12-8-7-11-27(28)32-31(34)25-20-30(35)33(21-25)16-15-24-9-5-4-6-10-24/h4-14,19,22,25H,15-18,20-21H2,1-3H3. The Labute approximate surface area is 213 Å². The number of rotatable bonds is 9. The van der Waals surface area contributed by atoms with Gasteiger partial charge in [-0.1, -0.05) is 68.4 Å². The van der Waals surface area contributed by atoms with Crippen molar-refractivity contribution in [2.45, 2.75) is 52.0 Å². The number of fused-ring (bicyclic) bond motifs is 1. The van der Waals surface area contributed by atoms with Crippen LogP contribution in [0.3, 0.4) is 0 Å². The van der Waals surface area contributed by atoms with Crippen LogP contribution in [-0.4, -0.2) is 40.1 Å². The first-order valence-electron chi connectivity index (χ1n) is 13.0. The smallest absolute Gasteiger partial charge is 0.223 e. The lowest BCUT2D eigenvalue weighted by Gasteiger charge is -2.18. The molecule has 0 saturated carbocycles. The minimum Gasteiger partial charge on any atom is -0.491 e. The monoisotopic (exact) mass is 481 g/mol. The van der Waals surface area contributed by atoms with Crippen LogP contribution in [-0.2, 0) is 17.8 Å². The third kappa shape index (κ3) is 5.15. The number of nitrogens with zero attached hydrogens (tertiary/aromatic N) is 3. The summed E-state index contributed by atoms with van der Waals surface area (Å²) in [5.74, 6) is 2.65. The van der Waals surface area contributed by atoms with Gasteiger partial charge in [-0.25, -0.2) is 4.98 Å². The van der Waals surface area contributed by atoms with E-state index in [-0.39, 0.29) is 11.8 Å². The Bertz CT molecular complexity index is 1340. The first-order valence-corrected chi connectivity index (χ1v) is 13.0. The molecule has 1 aromatic heterocycles. The third-order valence-corrected chi connectivity index (χ3v) is 7.14. The second-order valence-corrected chi connectivity index (χ2v) is 10.1. The number of hydrogen-bond donors (Lipinski definition) is 0. The normalized spacial score (nSPS) is 15.8. The highest BCUT2D eigenvalue weighted by Gasteiger charge is 2.33. The summed E-state index contributed by atoms with van der Waals surface area (Å²) >= 11 is 0. The van der Waals surface area contributed by atoms with Crippen LogP contribution in [0.1, 0.15) is 54.6 Å². The Morgan fingerprint density at radius 1 is 1.00 bits per heavy atom. The minimum absolute atomic E-state index is 0.0888. The SMILES string of the molecule is Cc1ccc(C(C)C)c(OCCn2c(C3CC(=O)N(CCc4ccccc4)C3)nc3ccccc32)c1. The van der Waals surface area contributed by atoms with Gasteiger partial charge in [0.05, 0.1) is 17.6 Å². The van der Waals surface area contributed by atoms with Crippen LogP contribution in [0.25, 0.3) is 11.0 Å². The zero-order valence-corrected chi connectivity index (χ0v) is 21.5. The number of carbonyl (C=O) groups is 1. The molecule has 5 nitrogen and oxygen atoms in total. The van der Waals surface area contributed by atoms with Crippen LogP contribution in [0.2, 0.25) is 0 Å². The Morgan fingerprint density at radius 3 is 2.58 bits per heavy atom. The van der Waals surface area contributed by atoms with Crippen molar-refractivity contribution in [3.63, 3.8) is 0 Å². The lowest BCUT2D eigenvalue weighted by atomic mass is 10.0. The van der Waals surface area contributed by atoms with Crippen molar-refractivity contribution in [2.24, 2.45) is 0 Å². The number of carbonyl (C=O) groups excluding carboxylic acids is 1. The van der Waals surface area contributed by atoms with Crippen LogP contribution >= 0.6 is 0 Å². The maximum absolute atomic E-state index is 12.9. The number of imidazole rings is 1. The Morgan fingerprint density at radius 2 is 1.78 bits per heavy atom. The quantitative estimate of drug-likeness (QED) is 0.290. The predicted molar refractivity (Wildman–Crippen MR) is 145 cm³/mol. The molecule has 3 aromatic carbocycles. The number of ether oxygens (including phenoxy) is 1. The summed E-state index contributed by atoms with van der Waals surface area (Å²) in [5.41, 5.74) is 5.76. The molecule has 1 aliphatic heterocycles. The highest BCUT2D eigenvalue weighted by molar-refractivity contribution is 5.81. The zero-order chi connectivity index (χ0) is 25.1. The van der Waals surface area contributed by atoms with E-state index in [1.165, 1.54) is 16.7 Å². The molecule has 0 N–H and O–H groups in total. The van der Waals surface area contributed by atoms with Crippen molar-refractivity contribution in [3.8, 4) is 5.75 Å². The number of aromatic nitrogens is 2. The van der Waals surface area contributed by atoms with Gasteiger partial charge in [-0.2, -0.15) is 0 Å². The van der Waals surface area contributed by atoms with Crippen molar-refractivity contribution in [2.75, 3.05) is 19.7 Å². The molecular weight excluding hydrogens is 446 g/mol. The lowest BCUT2D eigenvalue weighted by molar-refractivity contribution is -0.127. The Hall–Kier alpha value is -3.60. The van der Waals surface area contributed by atoms with Gasteiger partial charge in [-0.15, -0.1) is 0 Å². The topological polar surface area (TPSA) is 47.4 Å². The van der Waals surface area contributed by atoms with Crippen LogP contribution in [0.5, 0.6) is 5.75 Å². The predicted octanol–water partition coefficient (Wildman–Crippen LogP) is 6.11.